The largest absolute Gasteiger partial charge is 0.378 e. The van der Waals surface area contributed by atoms with Crippen molar-refractivity contribution >= 4 is 15.9 Å². The van der Waals surface area contributed by atoms with Crippen LogP contribution >= 0.6 is 0 Å². The molecular weight excluding hydrogens is 328 g/mol. The lowest BCUT2D eigenvalue weighted by molar-refractivity contribution is 0.0302. The molecule has 0 aliphatic carbocycles. The van der Waals surface area contributed by atoms with Gasteiger partial charge in [-0.3, -0.25) is 4.79 Å². The van der Waals surface area contributed by atoms with Crippen molar-refractivity contribution in [2.45, 2.75) is 44.6 Å². The molecule has 6 nitrogen and oxygen atoms in total. The molecule has 24 heavy (non-hydrogen) atoms. The van der Waals surface area contributed by atoms with Crippen molar-refractivity contribution in [1.82, 2.24) is 9.62 Å². The highest BCUT2D eigenvalue weighted by Gasteiger charge is 2.23. The number of ether oxygens (including phenoxy) is 1. The first-order chi connectivity index (χ1) is 11.3. The number of morpholine rings is 1. The Morgan fingerprint density at radius 3 is 2.62 bits per heavy atom. The summed E-state index contributed by atoms with van der Waals surface area (Å²) in [4.78, 5) is 14.5. The number of carbonyl (C=O) groups is 1. The summed E-state index contributed by atoms with van der Waals surface area (Å²) in [6.07, 6.45) is 1.67. The molecule has 1 aromatic rings. The maximum Gasteiger partial charge on any atom is 0.254 e. The molecule has 1 heterocycles. The summed E-state index contributed by atoms with van der Waals surface area (Å²) in [5, 5.41) is 0. The fraction of sp³-hybridized carbons (Fsp3) is 0.588. The Morgan fingerprint density at radius 1 is 1.33 bits per heavy atom. The highest BCUT2D eigenvalue weighted by molar-refractivity contribution is 7.89. The number of carbonyl (C=O) groups excluding carboxylic acids is 1. The minimum Gasteiger partial charge on any atom is -0.378 e. The fourth-order valence-corrected chi connectivity index (χ4v) is 4.06. The number of rotatable bonds is 6. The molecule has 0 unspecified atom stereocenters. The zero-order valence-corrected chi connectivity index (χ0v) is 15.4. The van der Waals surface area contributed by atoms with Crippen LogP contribution in [0.2, 0.25) is 0 Å². The lowest BCUT2D eigenvalue weighted by Crippen LogP contribution is -2.41. The zero-order chi connectivity index (χ0) is 17.7. The van der Waals surface area contributed by atoms with Gasteiger partial charge < -0.3 is 9.64 Å². The smallest absolute Gasteiger partial charge is 0.254 e. The summed E-state index contributed by atoms with van der Waals surface area (Å²) < 4.78 is 33.0. The van der Waals surface area contributed by atoms with E-state index < -0.39 is 10.0 Å². The van der Waals surface area contributed by atoms with Crippen molar-refractivity contribution < 1.29 is 17.9 Å². The standard InChI is InChI=1S/C17H26N2O4S/c1-4-5-14(3)18-24(21,22)15-7-6-13(2)16(12-15)17(20)19-8-10-23-11-9-19/h6-7,12,14,18H,4-5,8-11H2,1-3H3/t14-/m0/s1. The molecule has 0 bridgehead atoms. The first-order valence-corrected chi connectivity index (χ1v) is 9.83. The van der Waals surface area contributed by atoms with Crippen LogP contribution in [-0.4, -0.2) is 51.6 Å². The monoisotopic (exact) mass is 354 g/mol. The van der Waals surface area contributed by atoms with E-state index in [1.165, 1.54) is 6.07 Å². The van der Waals surface area contributed by atoms with E-state index in [0.29, 0.717) is 31.9 Å². The van der Waals surface area contributed by atoms with Gasteiger partial charge in [0.25, 0.3) is 5.91 Å². The fourth-order valence-electron chi connectivity index (χ4n) is 2.76. The first kappa shape index (κ1) is 18.9. The highest BCUT2D eigenvalue weighted by atomic mass is 32.2. The zero-order valence-electron chi connectivity index (χ0n) is 14.5. The summed E-state index contributed by atoms with van der Waals surface area (Å²) in [6, 6.07) is 4.58. The summed E-state index contributed by atoms with van der Waals surface area (Å²) in [5.41, 5.74) is 1.20. The van der Waals surface area contributed by atoms with Gasteiger partial charge in [0, 0.05) is 24.7 Å². The molecule has 0 radical (unpaired) electrons. The van der Waals surface area contributed by atoms with E-state index in [-0.39, 0.29) is 16.8 Å². The topological polar surface area (TPSA) is 75.7 Å². The van der Waals surface area contributed by atoms with E-state index >= 15 is 0 Å². The van der Waals surface area contributed by atoms with Gasteiger partial charge in [0.15, 0.2) is 0 Å². The Bertz CT molecular complexity index is 682. The number of aryl methyl sites for hydroxylation is 1. The SMILES string of the molecule is CCC[C@H](C)NS(=O)(=O)c1ccc(C)c(C(=O)N2CCOCC2)c1. The predicted octanol–water partition coefficient (Wildman–Crippen LogP) is 1.93. The number of hydrogen-bond donors (Lipinski definition) is 1. The minimum absolute atomic E-state index is 0.132. The van der Waals surface area contributed by atoms with Gasteiger partial charge in [0.05, 0.1) is 18.1 Å². The normalized spacial score (nSPS) is 16.9. The Balaban J connectivity index is 2.25. The van der Waals surface area contributed by atoms with E-state index in [4.69, 9.17) is 4.74 Å². The molecule has 0 aromatic heterocycles. The van der Waals surface area contributed by atoms with Crippen LogP contribution in [0.5, 0.6) is 0 Å². The Labute approximate surface area is 144 Å². The Morgan fingerprint density at radius 2 is 2.00 bits per heavy atom. The molecular formula is C17H26N2O4S. The highest BCUT2D eigenvalue weighted by Crippen LogP contribution is 2.19. The van der Waals surface area contributed by atoms with Gasteiger partial charge in [0.2, 0.25) is 10.0 Å². The van der Waals surface area contributed by atoms with Gasteiger partial charge in [-0.2, -0.15) is 0 Å². The van der Waals surface area contributed by atoms with Crippen LogP contribution in [0.3, 0.4) is 0 Å². The number of amides is 1. The van der Waals surface area contributed by atoms with Gasteiger partial charge in [-0.1, -0.05) is 19.4 Å². The van der Waals surface area contributed by atoms with Crippen LogP contribution in [0.15, 0.2) is 23.1 Å². The van der Waals surface area contributed by atoms with E-state index in [0.717, 1.165) is 18.4 Å². The second-order valence-electron chi connectivity index (χ2n) is 6.19. The van der Waals surface area contributed by atoms with Crippen molar-refractivity contribution in [1.29, 1.82) is 0 Å². The number of hydrogen-bond acceptors (Lipinski definition) is 4. The number of benzene rings is 1. The first-order valence-electron chi connectivity index (χ1n) is 8.35. The van der Waals surface area contributed by atoms with Gasteiger partial charge in [-0.05, 0) is 38.0 Å². The number of nitrogens with one attached hydrogen (secondary N) is 1. The average Bonchev–Trinajstić information content (AvgIpc) is 2.55. The summed E-state index contributed by atoms with van der Waals surface area (Å²) in [6.45, 7) is 7.75. The number of nitrogens with zero attached hydrogens (tertiary/aromatic N) is 1. The van der Waals surface area contributed by atoms with Crippen LogP contribution in [-0.2, 0) is 14.8 Å². The third-order valence-electron chi connectivity index (χ3n) is 4.13. The second kappa shape index (κ2) is 8.09. The maximum atomic E-state index is 12.7. The lowest BCUT2D eigenvalue weighted by atomic mass is 10.1. The van der Waals surface area contributed by atoms with Crippen LogP contribution in [0, 0.1) is 6.92 Å². The molecule has 1 aliphatic rings. The quantitative estimate of drug-likeness (QED) is 0.847. The summed E-state index contributed by atoms with van der Waals surface area (Å²) in [7, 11) is -3.63. The van der Waals surface area contributed by atoms with Crippen molar-refractivity contribution in [3.05, 3.63) is 29.3 Å². The van der Waals surface area contributed by atoms with Gasteiger partial charge in [-0.25, -0.2) is 13.1 Å². The summed E-state index contributed by atoms with van der Waals surface area (Å²) >= 11 is 0. The number of sulfonamides is 1. The third-order valence-corrected chi connectivity index (χ3v) is 5.71. The molecule has 1 saturated heterocycles. The van der Waals surface area contributed by atoms with Crippen molar-refractivity contribution in [2.75, 3.05) is 26.3 Å². The Hall–Kier alpha value is -1.44. The molecule has 1 aromatic carbocycles. The molecule has 2 rings (SSSR count). The molecule has 7 heteroatoms. The van der Waals surface area contributed by atoms with Gasteiger partial charge >= 0.3 is 0 Å². The van der Waals surface area contributed by atoms with Crippen molar-refractivity contribution in [2.24, 2.45) is 0 Å². The average molecular weight is 354 g/mol. The Kier molecular flexibility index (Phi) is 6.37. The molecule has 1 N–H and O–H groups in total. The molecule has 1 amide bonds. The van der Waals surface area contributed by atoms with E-state index in [9.17, 15) is 13.2 Å². The molecule has 1 atom stereocenters. The minimum atomic E-state index is -3.63. The molecule has 0 spiro atoms. The van der Waals surface area contributed by atoms with Crippen LogP contribution < -0.4 is 4.72 Å². The van der Waals surface area contributed by atoms with Gasteiger partial charge in [0.1, 0.15) is 0 Å². The van der Waals surface area contributed by atoms with Gasteiger partial charge in [-0.15, -0.1) is 0 Å². The van der Waals surface area contributed by atoms with E-state index in [2.05, 4.69) is 4.72 Å². The van der Waals surface area contributed by atoms with Crippen LogP contribution in [0.4, 0.5) is 0 Å². The molecule has 0 saturated carbocycles. The summed E-state index contributed by atoms with van der Waals surface area (Å²) in [5.74, 6) is -0.144. The van der Waals surface area contributed by atoms with Crippen LogP contribution in [0.1, 0.15) is 42.6 Å². The van der Waals surface area contributed by atoms with Crippen molar-refractivity contribution in [3.63, 3.8) is 0 Å². The lowest BCUT2D eigenvalue weighted by Gasteiger charge is -2.27. The third kappa shape index (κ3) is 4.55. The van der Waals surface area contributed by atoms with E-state index in [1.807, 2.05) is 20.8 Å². The van der Waals surface area contributed by atoms with E-state index in [1.54, 1.807) is 17.0 Å². The van der Waals surface area contributed by atoms with Crippen LogP contribution in [0.25, 0.3) is 0 Å². The van der Waals surface area contributed by atoms with Crippen molar-refractivity contribution in [3.8, 4) is 0 Å². The predicted molar refractivity (Wildman–Crippen MR) is 92.6 cm³/mol. The molecule has 1 fully saturated rings. The maximum absolute atomic E-state index is 12.7. The molecule has 1 aliphatic heterocycles. The molecule has 134 valence electrons. The second-order valence-corrected chi connectivity index (χ2v) is 7.91.